The Morgan fingerprint density at radius 3 is 2.72 bits per heavy atom. The van der Waals surface area contributed by atoms with Crippen LogP contribution in [0.25, 0.3) is 33.3 Å². The molecule has 0 bridgehead atoms. The van der Waals surface area contributed by atoms with Gasteiger partial charge in [-0.15, -0.1) is 0 Å². The van der Waals surface area contributed by atoms with Gasteiger partial charge in [-0.3, -0.25) is 0 Å². The van der Waals surface area contributed by atoms with Crippen molar-refractivity contribution in [1.82, 2.24) is 4.98 Å². The summed E-state index contributed by atoms with van der Waals surface area (Å²) in [6.07, 6.45) is 5.79. The molecule has 1 saturated carbocycles. The van der Waals surface area contributed by atoms with Crippen LogP contribution in [-0.4, -0.2) is 4.98 Å². The third kappa shape index (κ3) is 2.95. The van der Waals surface area contributed by atoms with Crippen LogP contribution in [0.1, 0.15) is 66.4 Å². The minimum atomic E-state index is -2.27. The molecular formula is C26H29N2O+. The van der Waals surface area contributed by atoms with Gasteiger partial charge in [-0.2, -0.15) is 0 Å². The van der Waals surface area contributed by atoms with Crippen LogP contribution in [-0.2, 0) is 13.5 Å². The van der Waals surface area contributed by atoms with Gasteiger partial charge in [-0.05, 0) is 62.2 Å². The van der Waals surface area contributed by atoms with Crippen molar-refractivity contribution in [1.29, 1.82) is 0 Å². The maximum atomic E-state index is 9.13. The molecule has 0 radical (unpaired) electrons. The fourth-order valence-corrected chi connectivity index (χ4v) is 4.63. The van der Waals surface area contributed by atoms with Crippen LogP contribution in [0.4, 0.5) is 0 Å². The Hall–Kier alpha value is -2.68. The summed E-state index contributed by atoms with van der Waals surface area (Å²) in [6.45, 7) is 1.83. The third-order valence-electron chi connectivity index (χ3n) is 6.25. The summed E-state index contributed by atoms with van der Waals surface area (Å²) in [4.78, 5) is 4.68. The van der Waals surface area contributed by atoms with Crippen LogP contribution in [0.3, 0.4) is 0 Å². The van der Waals surface area contributed by atoms with Crippen molar-refractivity contribution in [2.24, 2.45) is 7.05 Å². The molecule has 1 aliphatic rings. The van der Waals surface area contributed by atoms with Gasteiger partial charge in [-0.25, -0.2) is 9.55 Å². The fraction of sp³-hybridized carbons (Fsp3) is 0.385. The molecule has 1 aliphatic carbocycles. The molecule has 0 saturated heterocycles. The molecule has 0 atom stereocenters. The number of rotatable bonds is 3. The molecule has 0 spiro atoms. The van der Waals surface area contributed by atoms with Gasteiger partial charge < -0.3 is 4.42 Å². The van der Waals surface area contributed by atoms with Gasteiger partial charge in [0.05, 0.1) is 5.56 Å². The normalized spacial score (nSPS) is 18.6. The van der Waals surface area contributed by atoms with Gasteiger partial charge in [0, 0.05) is 33.6 Å². The van der Waals surface area contributed by atoms with Crippen molar-refractivity contribution in [3.63, 3.8) is 0 Å². The molecule has 148 valence electrons. The van der Waals surface area contributed by atoms with Gasteiger partial charge in [0.15, 0.2) is 11.8 Å². The summed E-state index contributed by atoms with van der Waals surface area (Å²) in [5.41, 5.74) is 6.05. The Morgan fingerprint density at radius 1 is 1.17 bits per heavy atom. The van der Waals surface area contributed by atoms with Crippen LogP contribution in [0, 0.1) is 13.8 Å². The first-order chi connectivity index (χ1) is 15.6. The van der Waals surface area contributed by atoms with Crippen molar-refractivity contribution >= 4 is 22.1 Å². The van der Waals surface area contributed by atoms with Crippen molar-refractivity contribution in [3.8, 4) is 11.3 Å². The molecule has 0 amide bonds. The van der Waals surface area contributed by atoms with Gasteiger partial charge >= 0.3 is 0 Å². The number of pyridine rings is 2. The molecule has 1 aromatic carbocycles. The van der Waals surface area contributed by atoms with Crippen LogP contribution in [0.2, 0.25) is 0 Å². The monoisotopic (exact) mass is 389 g/mol. The van der Waals surface area contributed by atoms with E-state index in [1.54, 1.807) is 6.20 Å². The van der Waals surface area contributed by atoms with Gasteiger partial charge in [-0.1, -0.05) is 31.9 Å². The lowest BCUT2D eigenvalue weighted by molar-refractivity contribution is -0.660. The van der Waals surface area contributed by atoms with Crippen molar-refractivity contribution in [2.75, 3.05) is 0 Å². The molecule has 0 aliphatic heterocycles. The highest BCUT2D eigenvalue weighted by Gasteiger charge is 2.26. The predicted molar refractivity (Wildman–Crippen MR) is 118 cm³/mol. The summed E-state index contributed by atoms with van der Waals surface area (Å²) < 4.78 is 41.7. The van der Waals surface area contributed by atoms with Gasteiger partial charge in [0.25, 0.3) is 0 Å². The first kappa shape index (κ1) is 14.3. The maximum Gasteiger partial charge on any atom is 0.227 e. The number of hydrogen-bond acceptors (Lipinski definition) is 2. The number of aromatic nitrogens is 2. The summed E-state index contributed by atoms with van der Waals surface area (Å²) in [7, 11) is 1.87. The number of fused-ring (bicyclic) bond motifs is 3. The topological polar surface area (TPSA) is 29.9 Å². The molecule has 0 N–H and O–H groups in total. The summed E-state index contributed by atoms with van der Waals surface area (Å²) >= 11 is 0. The Kier molecular flexibility index (Phi) is 3.45. The average Bonchev–Trinajstić information content (AvgIpc) is 3.36. The zero-order valence-corrected chi connectivity index (χ0v) is 17.3. The second-order valence-electron chi connectivity index (χ2n) is 8.15. The molecule has 3 aromatic heterocycles. The zero-order valence-electron chi connectivity index (χ0n) is 21.3. The lowest BCUT2D eigenvalue weighted by atomic mass is 9.91. The Morgan fingerprint density at radius 2 is 1.97 bits per heavy atom. The first-order valence-electron chi connectivity index (χ1n) is 12.5. The van der Waals surface area contributed by atoms with E-state index in [0.717, 1.165) is 58.1 Å². The number of hydrogen-bond donors (Lipinski definition) is 0. The van der Waals surface area contributed by atoms with E-state index in [1.165, 1.54) is 0 Å². The first-order valence-corrected chi connectivity index (χ1v) is 10.5. The molecule has 3 heterocycles. The van der Waals surface area contributed by atoms with Crippen LogP contribution in [0.15, 0.2) is 40.9 Å². The Balaban J connectivity index is 1.82. The highest BCUT2D eigenvalue weighted by atomic mass is 16.3. The molecule has 29 heavy (non-hydrogen) atoms. The molecule has 3 nitrogen and oxygen atoms in total. The van der Waals surface area contributed by atoms with Gasteiger partial charge in [0.1, 0.15) is 7.05 Å². The fourth-order valence-electron chi connectivity index (χ4n) is 4.63. The number of furan rings is 1. The largest absolute Gasteiger partial charge is 0.437 e. The van der Waals surface area contributed by atoms with E-state index in [2.05, 4.69) is 30.1 Å². The highest BCUT2D eigenvalue weighted by molar-refractivity contribution is 6.08. The highest BCUT2D eigenvalue weighted by Crippen LogP contribution is 2.40. The summed E-state index contributed by atoms with van der Waals surface area (Å²) in [6, 6.07) is 10.2. The van der Waals surface area contributed by atoms with E-state index in [0.29, 0.717) is 24.1 Å². The quantitative estimate of drug-likeness (QED) is 0.384. The number of benzene rings is 1. The Labute approximate surface area is 178 Å². The number of aryl methyl sites for hydroxylation is 4. The minimum absolute atomic E-state index is 0.273. The standard InChI is InChI=1S/C26H29N2O/c1-5-19-11-13-21-20-12-10-16(2)24(25(20)29-26(21)27-19)23-14-22(17(3)15-28(23)4)18-8-6-7-9-18/h10-15,18H,5-9H2,1-4H3/q+1/i3D3,18D. The average molecular weight is 390 g/mol. The van der Waals surface area contributed by atoms with E-state index in [4.69, 9.17) is 9.90 Å². The molecule has 5 rings (SSSR count). The smallest absolute Gasteiger partial charge is 0.227 e. The molecule has 3 heteroatoms. The molecular weight excluding hydrogens is 356 g/mol. The van der Waals surface area contributed by atoms with E-state index in [-0.39, 0.29) is 5.56 Å². The molecule has 0 unspecified atom stereocenters. The predicted octanol–water partition coefficient (Wildman–Crippen LogP) is 6.31. The SMILES string of the molecule is [2H]C([2H])([2H])c1c[n+](C)c(-c2c(C)ccc3c2oc2nc(CC)ccc23)cc1C1([2H])CCCC1. The molecule has 4 aromatic rings. The van der Waals surface area contributed by atoms with Gasteiger partial charge in [0.2, 0.25) is 11.4 Å². The molecule has 1 fully saturated rings. The summed E-state index contributed by atoms with van der Waals surface area (Å²) in [5.74, 6) is -0.875. The Bertz CT molecular complexity index is 1380. The second-order valence-corrected chi connectivity index (χ2v) is 8.15. The second kappa shape index (κ2) is 6.98. The lowest BCUT2D eigenvalue weighted by Crippen LogP contribution is -2.32. The van der Waals surface area contributed by atoms with E-state index < -0.39 is 12.7 Å². The number of nitrogens with zero attached hydrogens (tertiary/aromatic N) is 2. The van der Waals surface area contributed by atoms with Crippen LogP contribution >= 0.6 is 0 Å². The van der Waals surface area contributed by atoms with Crippen molar-refractivity contribution in [2.45, 2.75) is 58.7 Å². The van der Waals surface area contributed by atoms with Crippen molar-refractivity contribution < 1.29 is 14.5 Å². The van der Waals surface area contributed by atoms with Crippen LogP contribution in [0.5, 0.6) is 0 Å². The van der Waals surface area contributed by atoms with Crippen molar-refractivity contribution in [3.05, 3.63) is 58.9 Å². The lowest BCUT2D eigenvalue weighted by Gasteiger charge is -2.14. The zero-order chi connectivity index (χ0) is 23.5. The van der Waals surface area contributed by atoms with E-state index in [9.17, 15) is 0 Å². The maximum absolute atomic E-state index is 9.13. The minimum Gasteiger partial charge on any atom is -0.437 e. The van der Waals surface area contributed by atoms with Crippen LogP contribution < -0.4 is 4.57 Å². The third-order valence-corrected chi connectivity index (χ3v) is 6.25. The van der Waals surface area contributed by atoms with E-state index in [1.807, 2.05) is 30.7 Å². The van der Waals surface area contributed by atoms with E-state index >= 15 is 0 Å². The summed E-state index contributed by atoms with van der Waals surface area (Å²) in [5, 5.41) is 1.96.